The van der Waals surface area contributed by atoms with Gasteiger partial charge in [-0.15, -0.1) is 0 Å². The van der Waals surface area contributed by atoms with Crippen molar-refractivity contribution < 1.29 is 19.1 Å². The maximum Gasteiger partial charge on any atom is 0.331 e. The molecule has 0 N–H and O–H groups in total. The van der Waals surface area contributed by atoms with Crippen LogP contribution in [0.4, 0.5) is 0 Å². The minimum absolute atomic E-state index is 0.323. The molecule has 0 aliphatic carbocycles. The van der Waals surface area contributed by atoms with Crippen LogP contribution in [0, 0.1) is 0 Å². The summed E-state index contributed by atoms with van der Waals surface area (Å²) in [6.07, 6.45) is 8.54. The first-order chi connectivity index (χ1) is 8.20. The number of esters is 2. The van der Waals surface area contributed by atoms with Gasteiger partial charge in [0.25, 0.3) is 0 Å². The van der Waals surface area contributed by atoms with Crippen molar-refractivity contribution >= 4 is 11.9 Å². The van der Waals surface area contributed by atoms with E-state index in [1.54, 1.807) is 0 Å². The number of hydrogen-bond donors (Lipinski definition) is 0. The lowest BCUT2D eigenvalue weighted by molar-refractivity contribution is -0.140. The minimum Gasteiger partial charge on any atom is -0.463 e. The smallest absolute Gasteiger partial charge is 0.331 e. The summed E-state index contributed by atoms with van der Waals surface area (Å²) in [6.45, 7) is 4.62. The lowest BCUT2D eigenvalue weighted by Crippen LogP contribution is -2.05. The second-order valence-electron chi connectivity index (χ2n) is 3.34. The van der Waals surface area contributed by atoms with Crippen LogP contribution in [0.1, 0.15) is 33.1 Å². The van der Waals surface area contributed by atoms with Crippen LogP contribution in [0.15, 0.2) is 24.3 Å². The van der Waals surface area contributed by atoms with Crippen molar-refractivity contribution in [2.45, 2.75) is 33.1 Å². The quantitative estimate of drug-likeness (QED) is 0.283. The highest BCUT2D eigenvalue weighted by atomic mass is 16.5. The zero-order valence-electron chi connectivity index (χ0n) is 10.5. The molecule has 0 aromatic rings. The molecule has 4 heteroatoms. The van der Waals surface area contributed by atoms with Crippen molar-refractivity contribution in [1.29, 1.82) is 0 Å². The van der Waals surface area contributed by atoms with Crippen molar-refractivity contribution in [2.24, 2.45) is 0 Å². The highest BCUT2D eigenvalue weighted by Gasteiger charge is 1.99. The van der Waals surface area contributed by atoms with Gasteiger partial charge in [-0.3, -0.25) is 0 Å². The van der Waals surface area contributed by atoms with E-state index < -0.39 is 11.9 Å². The third-order valence-electron chi connectivity index (χ3n) is 1.74. The Hall–Kier alpha value is -1.58. The van der Waals surface area contributed by atoms with E-state index in [4.69, 9.17) is 9.47 Å². The number of carbonyl (C=O) groups excluding carboxylic acids is 2. The van der Waals surface area contributed by atoms with Gasteiger partial charge in [-0.2, -0.15) is 0 Å². The highest BCUT2D eigenvalue weighted by molar-refractivity contribution is 5.91. The molecule has 17 heavy (non-hydrogen) atoms. The summed E-state index contributed by atoms with van der Waals surface area (Å²) in [7, 11) is 0. The van der Waals surface area contributed by atoms with E-state index in [0.29, 0.717) is 19.6 Å². The Bertz CT molecular complexity index is 279. The first-order valence-corrected chi connectivity index (χ1v) is 5.87. The largest absolute Gasteiger partial charge is 0.463 e. The van der Waals surface area contributed by atoms with Gasteiger partial charge in [-0.05, 0) is 19.3 Å². The lowest BCUT2D eigenvalue weighted by atomic mass is 10.3. The zero-order valence-corrected chi connectivity index (χ0v) is 10.5. The third-order valence-corrected chi connectivity index (χ3v) is 1.74. The number of rotatable bonds is 8. The van der Waals surface area contributed by atoms with Gasteiger partial charge < -0.3 is 9.47 Å². The Labute approximate surface area is 102 Å². The molecule has 0 amide bonds. The summed E-state index contributed by atoms with van der Waals surface area (Å²) in [5.41, 5.74) is 0. The predicted octanol–water partition coefficient (Wildman–Crippen LogP) is 2.40. The van der Waals surface area contributed by atoms with E-state index >= 15 is 0 Å². The molecule has 0 heterocycles. The summed E-state index contributed by atoms with van der Waals surface area (Å²) in [6, 6.07) is 0. The number of allylic oxidation sites excluding steroid dienone is 1. The standard InChI is InChI=1S/C13H20O4/c1-3-5-6-7-11-17-13(15)9-8-12(14)16-10-4-2/h5-6,8-9H,3-4,7,10-11H2,1-2H3/b6-5-,9-8+. The van der Waals surface area contributed by atoms with Gasteiger partial charge in [0.1, 0.15) is 0 Å². The molecule has 0 saturated carbocycles. The van der Waals surface area contributed by atoms with Gasteiger partial charge in [0.2, 0.25) is 0 Å². The molecule has 96 valence electrons. The molecule has 0 rings (SSSR count). The Morgan fingerprint density at radius 3 is 2.06 bits per heavy atom. The summed E-state index contributed by atoms with van der Waals surface area (Å²) in [5, 5.41) is 0. The van der Waals surface area contributed by atoms with E-state index in [-0.39, 0.29) is 0 Å². The van der Waals surface area contributed by atoms with Crippen LogP contribution < -0.4 is 0 Å². The van der Waals surface area contributed by atoms with Crippen LogP contribution in [0.5, 0.6) is 0 Å². The molecule has 4 nitrogen and oxygen atoms in total. The maximum absolute atomic E-state index is 11.1. The Morgan fingerprint density at radius 2 is 1.53 bits per heavy atom. The van der Waals surface area contributed by atoms with E-state index in [1.807, 2.05) is 26.0 Å². The average Bonchev–Trinajstić information content (AvgIpc) is 2.33. The second kappa shape index (κ2) is 10.9. The molecule has 0 atom stereocenters. The molecule has 0 aromatic heterocycles. The van der Waals surface area contributed by atoms with Crippen LogP contribution in [0.25, 0.3) is 0 Å². The molecule has 0 aliphatic rings. The lowest BCUT2D eigenvalue weighted by Gasteiger charge is -1.99. The molecule has 0 aliphatic heterocycles. The second-order valence-corrected chi connectivity index (χ2v) is 3.34. The Kier molecular flexibility index (Phi) is 9.91. The SMILES string of the molecule is CC/C=C\CCOC(=O)/C=C/C(=O)OCCC. The van der Waals surface area contributed by atoms with Crippen LogP contribution >= 0.6 is 0 Å². The molecule has 0 fully saturated rings. The van der Waals surface area contributed by atoms with Crippen LogP contribution in [0.2, 0.25) is 0 Å². The van der Waals surface area contributed by atoms with Crippen molar-refractivity contribution in [3.63, 3.8) is 0 Å². The zero-order chi connectivity index (χ0) is 12.9. The van der Waals surface area contributed by atoms with Crippen molar-refractivity contribution in [3.05, 3.63) is 24.3 Å². The summed E-state index contributed by atoms with van der Waals surface area (Å²) < 4.78 is 9.61. The van der Waals surface area contributed by atoms with Crippen molar-refractivity contribution in [1.82, 2.24) is 0 Å². The molecular formula is C13H20O4. The van der Waals surface area contributed by atoms with E-state index in [9.17, 15) is 9.59 Å². The molecule has 0 radical (unpaired) electrons. The van der Waals surface area contributed by atoms with Crippen LogP contribution in [-0.2, 0) is 19.1 Å². The fraction of sp³-hybridized carbons (Fsp3) is 0.538. The summed E-state index contributed by atoms with van der Waals surface area (Å²) >= 11 is 0. The van der Waals surface area contributed by atoms with E-state index in [0.717, 1.165) is 25.0 Å². The van der Waals surface area contributed by atoms with Gasteiger partial charge in [-0.1, -0.05) is 26.0 Å². The molecule has 0 spiro atoms. The topological polar surface area (TPSA) is 52.6 Å². The first kappa shape index (κ1) is 15.4. The Morgan fingerprint density at radius 1 is 0.941 bits per heavy atom. The summed E-state index contributed by atoms with van der Waals surface area (Å²) in [5.74, 6) is -1.04. The summed E-state index contributed by atoms with van der Waals surface area (Å²) in [4.78, 5) is 22.1. The molecule has 0 bridgehead atoms. The van der Waals surface area contributed by atoms with Crippen LogP contribution in [0.3, 0.4) is 0 Å². The van der Waals surface area contributed by atoms with Crippen LogP contribution in [-0.4, -0.2) is 25.2 Å². The predicted molar refractivity (Wildman–Crippen MR) is 65.4 cm³/mol. The van der Waals surface area contributed by atoms with E-state index in [1.165, 1.54) is 0 Å². The molecule has 0 saturated heterocycles. The Balaban J connectivity index is 3.66. The fourth-order valence-electron chi connectivity index (χ4n) is 0.947. The fourth-order valence-corrected chi connectivity index (χ4v) is 0.947. The first-order valence-electron chi connectivity index (χ1n) is 5.87. The monoisotopic (exact) mass is 240 g/mol. The third kappa shape index (κ3) is 10.7. The normalized spacial score (nSPS) is 10.9. The van der Waals surface area contributed by atoms with E-state index in [2.05, 4.69) is 0 Å². The number of carbonyl (C=O) groups is 2. The van der Waals surface area contributed by atoms with Gasteiger partial charge in [0.15, 0.2) is 0 Å². The average molecular weight is 240 g/mol. The van der Waals surface area contributed by atoms with Gasteiger partial charge in [0.05, 0.1) is 13.2 Å². The van der Waals surface area contributed by atoms with Crippen molar-refractivity contribution in [2.75, 3.05) is 13.2 Å². The number of hydrogen-bond acceptors (Lipinski definition) is 4. The van der Waals surface area contributed by atoms with Gasteiger partial charge in [-0.25, -0.2) is 9.59 Å². The molecule has 0 unspecified atom stereocenters. The minimum atomic E-state index is -0.525. The van der Waals surface area contributed by atoms with Crippen molar-refractivity contribution in [3.8, 4) is 0 Å². The molecule has 0 aromatic carbocycles. The molecular weight excluding hydrogens is 220 g/mol. The highest BCUT2D eigenvalue weighted by Crippen LogP contribution is 1.91. The maximum atomic E-state index is 11.1. The number of ether oxygens (including phenoxy) is 2. The van der Waals surface area contributed by atoms with Gasteiger partial charge in [0, 0.05) is 12.2 Å². The van der Waals surface area contributed by atoms with Gasteiger partial charge >= 0.3 is 11.9 Å².